The molecule has 1 aromatic rings. The van der Waals surface area contributed by atoms with Crippen LogP contribution >= 0.6 is 11.3 Å². The Morgan fingerprint density at radius 1 is 1.60 bits per heavy atom. The maximum atomic E-state index is 10.8. The van der Waals surface area contributed by atoms with Gasteiger partial charge in [-0.1, -0.05) is 6.07 Å². The number of primary amides is 1. The lowest BCUT2D eigenvalue weighted by Gasteiger charge is -2.12. The standard InChI is InChI=1S/C8H8N2O4S/c9-8(12)14-5(4-7(11)10-13)6-2-1-3-15-6/h1-3,5H,4H2,(H2,9,12)/t5-/m1/s1. The van der Waals surface area contributed by atoms with E-state index in [4.69, 9.17) is 10.5 Å². The van der Waals surface area contributed by atoms with Gasteiger partial charge in [-0.05, 0) is 11.4 Å². The fourth-order valence-corrected chi connectivity index (χ4v) is 1.77. The first-order chi connectivity index (χ1) is 7.13. The summed E-state index contributed by atoms with van der Waals surface area (Å²) < 4.78 is 4.70. The van der Waals surface area contributed by atoms with Crippen LogP contribution in [0.1, 0.15) is 17.4 Å². The molecule has 2 N–H and O–H groups in total. The molecule has 2 amide bonds. The van der Waals surface area contributed by atoms with E-state index >= 15 is 0 Å². The maximum Gasteiger partial charge on any atom is 0.405 e. The lowest BCUT2D eigenvalue weighted by molar-refractivity contribution is -0.119. The van der Waals surface area contributed by atoms with Gasteiger partial charge in [-0.15, -0.1) is 16.2 Å². The predicted octanol–water partition coefficient (Wildman–Crippen LogP) is 1.57. The first kappa shape index (κ1) is 11.3. The van der Waals surface area contributed by atoms with E-state index < -0.39 is 18.1 Å². The van der Waals surface area contributed by atoms with Crippen LogP contribution < -0.4 is 5.73 Å². The Hall–Kier alpha value is -1.76. The van der Waals surface area contributed by atoms with Crippen molar-refractivity contribution < 1.29 is 14.3 Å². The second kappa shape index (κ2) is 5.20. The van der Waals surface area contributed by atoms with Crippen molar-refractivity contribution in [2.24, 2.45) is 10.9 Å². The average molecular weight is 228 g/mol. The third-order valence-electron chi connectivity index (χ3n) is 1.58. The van der Waals surface area contributed by atoms with E-state index in [0.29, 0.717) is 4.88 Å². The fourth-order valence-electron chi connectivity index (χ4n) is 1.01. The molecule has 0 saturated heterocycles. The van der Waals surface area contributed by atoms with Crippen molar-refractivity contribution in [1.29, 1.82) is 0 Å². The SMILES string of the molecule is NC(=O)O[C@H](CC(=O)N=O)c1cccs1. The van der Waals surface area contributed by atoms with Crippen molar-refractivity contribution in [3.63, 3.8) is 0 Å². The topological polar surface area (TPSA) is 98.8 Å². The van der Waals surface area contributed by atoms with Gasteiger partial charge >= 0.3 is 6.09 Å². The van der Waals surface area contributed by atoms with Gasteiger partial charge in [0.2, 0.25) is 0 Å². The minimum Gasteiger partial charge on any atom is -0.440 e. The monoisotopic (exact) mass is 228 g/mol. The van der Waals surface area contributed by atoms with Crippen LogP contribution in [0.5, 0.6) is 0 Å². The number of thiophene rings is 1. The zero-order valence-corrected chi connectivity index (χ0v) is 8.40. The summed E-state index contributed by atoms with van der Waals surface area (Å²) in [6.45, 7) is 0. The average Bonchev–Trinajstić information content (AvgIpc) is 2.68. The highest BCUT2D eigenvalue weighted by atomic mass is 32.1. The van der Waals surface area contributed by atoms with Crippen molar-refractivity contribution >= 4 is 23.3 Å². The number of rotatable bonds is 4. The molecule has 6 nitrogen and oxygen atoms in total. The molecule has 1 atom stereocenters. The van der Waals surface area contributed by atoms with E-state index in [1.807, 2.05) is 0 Å². The van der Waals surface area contributed by atoms with Crippen molar-refractivity contribution in [2.75, 3.05) is 0 Å². The zero-order valence-electron chi connectivity index (χ0n) is 7.58. The Morgan fingerprint density at radius 2 is 2.33 bits per heavy atom. The summed E-state index contributed by atoms with van der Waals surface area (Å²) in [4.78, 5) is 31.9. The molecular weight excluding hydrogens is 220 g/mol. The molecule has 0 spiro atoms. The first-order valence-electron chi connectivity index (χ1n) is 3.99. The Labute approximate surface area is 89.0 Å². The summed E-state index contributed by atoms with van der Waals surface area (Å²) in [6.07, 6.45) is -2.10. The van der Waals surface area contributed by atoms with Crippen LogP contribution in [-0.4, -0.2) is 12.0 Å². The van der Waals surface area contributed by atoms with Gasteiger partial charge in [-0.3, -0.25) is 4.79 Å². The van der Waals surface area contributed by atoms with Gasteiger partial charge in [0, 0.05) is 10.1 Å². The number of carbonyl (C=O) groups excluding carboxylic acids is 2. The minimum atomic E-state index is -0.993. The third-order valence-corrected chi connectivity index (χ3v) is 2.55. The Balaban J connectivity index is 2.74. The highest BCUT2D eigenvalue weighted by Crippen LogP contribution is 2.25. The molecule has 15 heavy (non-hydrogen) atoms. The molecule has 0 fully saturated rings. The molecule has 0 saturated carbocycles. The number of amides is 2. The Kier molecular flexibility index (Phi) is 3.92. The summed E-state index contributed by atoms with van der Waals surface area (Å²) in [7, 11) is 0. The van der Waals surface area contributed by atoms with Gasteiger partial charge in [-0.25, -0.2) is 4.79 Å². The maximum absolute atomic E-state index is 10.8. The number of hydrogen-bond acceptors (Lipinski definition) is 5. The lowest BCUT2D eigenvalue weighted by atomic mass is 10.2. The smallest absolute Gasteiger partial charge is 0.405 e. The first-order valence-corrected chi connectivity index (χ1v) is 4.87. The van der Waals surface area contributed by atoms with Crippen molar-refractivity contribution in [1.82, 2.24) is 0 Å². The van der Waals surface area contributed by atoms with Gasteiger partial charge in [0.25, 0.3) is 5.91 Å². The highest BCUT2D eigenvalue weighted by molar-refractivity contribution is 7.10. The zero-order chi connectivity index (χ0) is 11.3. The molecule has 1 rings (SSSR count). The van der Waals surface area contributed by atoms with Gasteiger partial charge in [-0.2, -0.15) is 0 Å². The lowest BCUT2D eigenvalue weighted by Crippen LogP contribution is -2.18. The number of carbonyl (C=O) groups is 2. The van der Waals surface area contributed by atoms with E-state index in [2.05, 4.69) is 5.18 Å². The quantitative estimate of drug-likeness (QED) is 0.790. The van der Waals surface area contributed by atoms with Crippen LogP contribution in [0.15, 0.2) is 22.7 Å². The van der Waals surface area contributed by atoms with Crippen molar-refractivity contribution in [2.45, 2.75) is 12.5 Å². The van der Waals surface area contributed by atoms with E-state index in [9.17, 15) is 14.5 Å². The molecule has 0 aliphatic carbocycles. The van der Waals surface area contributed by atoms with E-state index in [1.54, 1.807) is 17.5 Å². The summed E-state index contributed by atoms with van der Waals surface area (Å²) in [5.41, 5.74) is 4.84. The Morgan fingerprint density at radius 3 is 2.80 bits per heavy atom. The normalized spacial score (nSPS) is 11.7. The van der Waals surface area contributed by atoms with Crippen LogP contribution in [0, 0.1) is 4.91 Å². The van der Waals surface area contributed by atoms with E-state index in [-0.39, 0.29) is 6.42 Å². The van der Waals surface area contributed by atoms with Crippen LogP contribution in [0.25, 0.3) is 0 Å². The molecule has 1 heterocycles. The number of hydrogen-bond donors (Lipinski definition) is 1. The summed E-state index contributed by atoms with van der Waals surface area (Å²) in [5, 5.41) is 3.98. The summed E-state index contributed by atoms with van der Waals surface area (Å²) >= 11 is 1.30. The second-order valence-electron chi connectivity index (χ2n) is 2.63. The fraction of sp³-hybridized carbons (Fsp3) is 0.250. The van der Waals surface area contributed by atoms with Crippen LogP contribution in [0.3, 0.4) is 0 Å². The van der Waals surface area contributed by atoms with Gasteiger partial charge in [0.15, 0.2) is 0 Å². The van der Waals surface area contributed by atoms with Crippen LogP contribution in [0.2, 0.25) is 0 Å². The summed E-state index contributed by atoms with van der Waals surface area (Å²) in [6, 6.07) is 3.41. The molecule has 0 unspecified atom stereocenters. The van der Waals surface area contributed by atoms with Gasteiger partial charge in [0.1, 0.15) is 6.10 Å². The minimum absolute atomic E-state index is 0.285. The molecule has 80 valence electrons. The molecule has 0 aliphatic heterocycles. The van der Waals surface area contributed by atoms with Crippen molar-refractivity contribution in [3.05, 3.63) is 27.3 Å². The molecule has 0 bridgehead atoms. The number of nitroso groups, excluding NO2 is 1. The highest BCUT2D eigenvalue weighted by Gasteiger charge is 2.20. The third kappa shape index (κ3) is 3.47. The van der Waals surface area contributed by atoms with Crippen LogP contribution in [0.4, 0.5) is 4.79 Å². The second-order valence-corrected chi connectivity index (χ2v) is 3.61. The Bertz CT molecular complexity index is 363. The van der Waals surface area contributed by atoms with Gasteiger partial charge < -0.3 is 10.5 Å². The predicted molar refractivity (Wildman–Crippen MR) is 53.1 cm³/mol. The molecule has 0 aliphatic rings. The molecule has 1 aromatic heterocycles. The number of nitrogens with zero attached hydrogens (tertiary/aromatic N) is 1. The molecular formula is C8H8N2O4S. The summed E-state index contributed by atoms with van der Waals surface area (Å²) in [5.74, 6) is -0.880. The van der Waals surface area contributed by atoms with Crippen LogP contribution in [-0.2, 0) is 9.53 Å². The number of ether oxygens (including phenoxy) is 1. The largest absolute Gasteiger partial charge is 0.440 e. The number of nitrogens with two attached hydrogens (primary N) is 1. The van der Waals surface area contributed by atoms with Gasteiger partial charge in [0.05, 0.1) is 6.42 Å². The molecule has 0 aromatic carbocycles. The molecule has 0 radical (unpaired) electrons. The molecule has 7 heteroatoms. The van der Waals surface area contributed by atoms with Crippen molar-refractivity contribution in [3.8, 4) is 0 Å². The van der Waals surface area contributed by atoms with E-state index in [1.165, 1.54) is 11.3 Å². The van der Waals surface area contributed by atoms with E-state index in [0.717, 1.165) is 0 Å².